The predicted octanol–water partition coefficient (Wildman–Crippen LogP) is 6.15. The van der Waals surface area contributed by atoms with E-state index in [9.17, 15) is 19.4 Å². The van der Waals surface area contributed by atoms with Crippen molar-refractivity contribution in [2.75, 3.05) is 18.5 Å². The van der Waals surface area contributed by atoms with Gasteiger partial charge in [0, 0.05) is 60.0 Å². The molecule has 12 heteroatoms. The van der Waals surface area contributed by atoms with Crippen molar-refractivity contribution in [2.45, 2.75) is 38.0 Å². The number of carboxylic acid groups (broad SMARTS) is 1. The first-order chi connectivity index (χ1) is 21.4. The number of nitrogens with zero attached hydrogens (tertiary/aromatic N) is 5. The van der Waals surface area contributed by atoms with Crippen molar-refractivity contribution in [2.24, 2.45) is 0 Å². The number of aliphatic hydroxyl groups is 1. The van der Waals surface area contributed by atoms with Crippen molar-refractivity contribution >= 4 is 40.2 Å². The Morgan fingerprint density at radius 3 is 2.75 bits per heavy atom. The molecule has 10 nitrogen and oxygen atoms in total. The molecule has 0 saturated carbocycles. The number of anilines is 2. The summed E-state index contributed by atoms with van der Waals surface area (Å²) in [5, 5.41) is 27.4. The van der Waals surface area contributed by atoms with Crippen LogP contribution in [0.25, 0.3) is 22.0 Å². The van der Waals surface area contributed by atoms with E-state index < -0.39 is 11.9 Å². The van der Waals surface area contributed by atoms with E-state index >= 15 is 0 Å². The number of fused-ring (bicyclic) bond motifs is 1. The maximum atomic E-state index is 13.6. The Morgan fingerprint density at radius 1 is 1.14 bits per heavy atom. The minimum atomic E-state index is -0.934. The molecule has 1 saturated heterocycles. The molecule has 1 aliphatic rings. The second kappa shape index (κ2) is 12.9. The van der Waals surface area contributed by atoms with Crippen LogP contribution in [0.5, 0.6) is 5.75 Å². The summed E-state index contributed by atoms with van der Waals surface area (Å²) in [6.45, 7) is 0.651. The summed E-state index contributed by atoms with van der Waals surface area (Å²) < 4.78 is 21.9. The number of hydrogen-bond acceptors (Lipinski definition) is 7. The fraction of sp³-hybridized carbons (Fsp3) is 0.250. The van der Waals surface area contributed by atoms with Crippen LogP contribution < -0.4 is 10.1 Å². The number of aliphatic hydroxyl groups excluding tert-OH is 1. The largest absolute Gasteiger partial charge is 0.490 e. The molecular weight excluding hydrogens is 587 g/mol. The molecule has 1 aliphatic heterocycles. The minimum absolute atomic E-state index is 0.0139. The van der Waals surface area contributed by atoms with Gasteiger partial charge in [0.2, 0.25) is 5.95 Å². The zero-order valence-electron chi connectivity index (χ0n) is 23.6. The molecule has 3 aromatic carbocycles. The minimum Gasteiger partial charge on any atom is -0.490 e. The van der Waals surface area contributed by atoms with E-state index in [4.69, 9.17) is 16.3 Å². The van der Waals surface area contributed by atoms with E-state index in [0.717, 1.165) is 22.1 Å². The smallest absolute Gasteiger partial charge is 0.407 e. The predicted molar refractivity (Wildman–Crippen MR) is 165 cm³/mol. The summed E-state index contributed by atoms with van der Waals surface area (Å²) in [4.78, 5) is 22.7. The van der Waals surface area contributed by atoms with Crippen molar-refractivity contribution in [3.05, 3.63) is 95.7 Å². The number of amides is 1. The van der Waals surface area contributed by atoms with Crippen molar-refractivity contribution in [1.29, 1.82) is 0 Å². The zero-order valence-corrected chi connectivity index (χ0v) is 24.4. The zero-order chi connectivity index (χ0) is 30.6. The van der Waals surface area contributed by atoms with Crippen LogP contribution in [-0.2, 0) is 13.0 Å². The third-order valence-corrected chi connectivity index (χ3v) is 7.94. The molecule has 1 fully saturated rings. The summed E-state index contributed by atoms with van der Waals surface area (Å²) >= 11 is 5.93. The number of hydrogen-bond donors (Lipinski definition) is 3. The summed E-state index contributed by atoms with van der Waals surface area (Å²) in [6, 6.07) is 17.7. The fourth-order valence-corrected chi connectivity index (χ4v) is 5.68. The Labute approximate surface area is 257 Å². The molecule has 6 rings (SSSR count). The molecule has 0 bridgehead atoms. The summed E-state index contributed by atoms with van der Waals surface area (Å²) in [5.74, 6) is 0.388. The number of aromatic nitrogens is 4. The van der Waals surface area contributed by atoms with Crippen molar-refractivity contribution < 1.29 is 24.1 Å². The molecule has 0 spiro atoms. The van der Waals surface area contributed by atoms with Crippen molar-refractivity contribution in [3.8, 4) is 16.9 Å². The quantitative estimate of drug-likeness (QED) is 0.180. The molecule has 2 unspecified atom stereocenters. The lowest BCUT2D eigenvalue weighted by atomic mass is 9.94. The highest BCUT2D eigenvalue weighted by atomic mass is 35.5. The van der Waals surface area contributed by atoms with Crippen LogP contribution >= 0.6 is 11.6 Å². The average molecular weight is 617 g/mol. The van der Waals surface area contributed by atoms with Crippen LogP contribution in [0.1, 0.15) is 18.4 Å². The Balaban J connectivity index is 1.31. The average Bonchev–Trinajstić information content (AvgIpc) is 3.48. The highest BCUT2D eigenvalue weighted by Gasteiger charge is 2.33. The summed E-state index contributed by atoms with van der Waals surface area (Å²) in [7, 11) is 0. The molecule has 0 aliphatic carbocycles. The highest BCUT2D eigenvalue weighted by molar-refractivity contribution is 6.31. The van der Waals surface area contributed by atoms with Crippen LogP contribution in [0.15, 0.2) is 79.3 Å². The molecule has 0 radical (unpaired) electrons. The first-order valence-corrected chi connectivity index (χ1v) is 14.6. The van der Waals surface area contributed by atoms with E-state index in [-0.39, 0.29) is 23.8 Å². The maximum absolute atomic E-state index is 13.6. The SMILES string of the molecule is O=C(O)N1CCC(Oc2cc3cnc(Nc4ccc(F)c(Cl)c4)nc3cc2-c2cnn(CCO)c2)CC1Cc1ccccc1. The lowest BCUT2D eigenvalue weighted by Gasteiger charge is -2.38. The lowest BCUT2D eigenvalue weighted by molar-refractivity contribution is 0.0548. The molecule has 44 heavy (non-hydrogen) atoms. The van der Waals surface area contributed by atoms with Crippen LogP contribution in [0.4, 0.5) is 20.8 Å². The Morgan fingerprint density at radius 2 is 1.98 bits per heavy atom. The highest BCUT2D eigenvalue weighted by Crippen LogP contribution is 2.36. The van der Waals surface area contributed by atoms with Gasteiger partial charge in [0.25, 0.3) is 0 Å². The Hall–Kier alpha value is -4.74. The third kappa shape index (κ3) is 6.58. The molecular formula is C32H30ClFN6O4. The van der Waals surface area contributed by atoms with E-state index in [1.54, 1.807) is 23.1 Å². The molecule has 2 aromatic heterocycles. The fourth-order valence-electron chi connectivity index (χ4n) is 5.50. The summed E-state index contributed by atoms with van der Waals surface area (Å²) in [5.41, 5.74) is 3.76. The number of piperidine rings is 1. The van der Waals surface area contributed by atoms with Crippen LogP contribution in [-0.4, -0.2) is 66.3 Å². The topological polar surface area (TPSA) is 126 Å². The molecule has 3 N–H and O–H groups in total. The van der Waals surface area contributed by atoms with Gasteiger partial charge in [-0.1, -0.05) is 41.9 Å². The van der Waals surface area contributed by atoms with Gasteiger partial charge >= 0.3 is 6.09 Å². The second-order valence-electron chi connectivity index (χ2n) is 10.7. The standard InChI is InChI=1S/C32H30ClFN6O4/c33-27-14-23(6-7-28(27)34)37-31-35-17-21-13-30(26(16-29(21)38-31)22-18-36-39(19-22)10-11-41)44-25-8-9-40(32(42)43)24(15-25)12-20-4-2-1-3-5-20/h1-7,13-14,16-19,24-25,41H,8-12,15H2,(H,42,43)(H,35,37,38). The number of halogens is 2. The van der Waals surface area contributed by atoms with Gasteiger partial charge in [0.05, 0.1) is 29.9 Å². The van der Waals surface area contributed by atoms with E-state index in [1.807, 2.05) is 48.7 Å². The van der Waals surface area contributed by atoms with Gasteiger partial charge in [0.1, 0.15) is 17.7 Å². The second-order valence-corrected chi connectivity index (χ2v) is 11.1. The first-order valence-electron chi connectivity index (χ1n) is 14.2. The molecule has 1 amide bonds. The van der Waals surface area contributed by atoms with E-state index in [0.29, 0.717) is 55.3 Å². The van der Waals surface area contributed by atoms with Crippen LogP contribution in [0, 0.1) is 5.82 Å². The number of likely N-dealkylation sites (tertiary alicyclic amines) is 1. The number of rotatable bonds is 9. The van der Waals surface area contributed by atoms with Gasteiger partial charge in [0.15, 0.2) is 0 Å². The number of ether oxygens (including phenoxy) is 1. The summed E-state index contributed by atoms with van der Waals surface area (Å²) in [6.07, 6.45) is 5.71. The molecule has 3 heterocycles. The van der Waals surface area contributed by atoms with Crippen LogP contribution in [0.3, 0.4) is 0 Å². The van der Waals surface area contributed by atoms with Gasteiger partial charge in [-0.05, 0) is 42.3 Å². The number of nitrogens with one attached hydrogen (secondary N) is 1. The number of benzene rings is 3. The molecule has 2 atom stereocenters. The van der Waals surface area contributed by atoms with Crippen LogP contribution in [0.2, 0.25) is 5.02 Å². The molecule has 226 valence electrons. The first kappa shape index (κ1) is 29.3. The van der Waals surface area contributed by atoms with Crippen molar-refractivity contribution in [1.82, 2.24) is 24.6 Å². The van der Waals surface area contributed by atoms with Gasteiger partial charge in [-0.3, -0.25) is 4.68 Å². The van der Waals surface area contributed by atoms with Gasteiger partial charge in [-0.25, -0.2) is 19.2 Å². The van der Waals surface area contributed by atoms with E-state index in [1.165, 1.54) is 17.0 Å². The van der Waals surface area contributed by atoms with Gasteiger partial charge in [-0.2, -0.15) is 5.10 Å². The Bertz CT molecular complexity index is 1790. The normalized spacial score (nSPS) is 16.7. The third-order valence-electron chi connectivity index (χ3n) is 7.65. The van der Waals surface area contributed by atoms with Crippen molar-refractivity contribution in [3.63, 3.8) is 0 Å². The Kier molecular flexibility index (Phi) is 8.58. The van der Waals surface area contributed by atoms with Gasteiger partial charge < -0.3 is 25.2 Å². The maximum Gasteiger partial charge on any atom is 0.407 e. The van der Waals surface area contributed by atoms with E-state index in [2.05, 4.69) is 20.4 Å². The monoisotopic (exact) mass is 616 g/mol. The molecule has 5 aromatic rings. The van der Waals surface area contributed by atoms with Gasteiger partial charge in [-0.15, -0.1) is 0 Å². The number of carbonyl (C=O) groups is 1. The lowest BCUT2D eigenvalue weighted by Crippen LogP contribution is -2.49.